The van der Waals surface area contributed by atoms with Crippen molar-refractivity contribution in [2.75, 3.05) is 20.3 Å². The summed E-state index contributed by atoms with van der Waals surface area (Å²) in [5.74, 6) is 0.595. The van der Waals surface area contributed by atoms with Crippen molar-refractivity contribution >= 4 is 0 Å². The molecule has 0 amide bonds. The molecule has 1 saturated heterocycles. The minimum absolute atomic E-state index is 0.227. The zero-order valence-corrected chi connectivity index (χ0v) is 12.5. The van der Waals surface area contributed by atoms with Crippen molar-refractivity contribution in [1.29, 1.82) is 0 Å². The first kappa shape index (κ1) is 14.1. The van der Waals surface area contributed by atoms with Gasteiger partial charge in [0, 0.05) is 18.6 Å². The summed E-state index contributed by atoms with van der Waals surface area (Å²) >= 11 is 0. The van der Waals surface area contributed by atoms with Crippen LogP contribution in [0.1, 0.15) is 37.0 Å². The predicted octanol–water partition coefficient (Wildman–Crippen LogP) is 2.70. The second-order valence-corrected chi connectivity index (χ2v) is 5.97. The van der Waals surface area contributed by atoms with Crippen molar-refractivity contribution in [3.63, 3.8) is 0 Å². The molecule has 4 unspecified atom stereocenters. The Bertz CT molecular complexity index is 448. The van der Waals surface area contributed by atoms with E-state index in [1.54, 1.807) is 0 Å². The van der Waals surface area contributed by atoms with Gasteiger partial charge in [-0.2, -0.15) is 0 Å². The van der Waals surface area contributed by atoms with Crippen LogP contribution in [0.5, 0.6) is 0 Å². The molecule has 3 rings (SSSR count). The number of hydrogen-bond acceptors (Lipinski definition) is 3. The Hall–Kier alpha value is -0.900. The zero-order valence-electron chi connectivity index (χ0n) is 12.5. The van der Waals surface area contributed by atoms with Crippen LogP contribution in [0, 0.1) is 5.92 Å². The average molecular weight is 275 g/mol. The normalized spacial score (nSPS) is 31.0. The largest absolute Gasteiger partial charge is 0.378 e. The minimum Gasteiger partial charge on any atom is -0.378 e. The third-order valence-electron chi connectivity index (χ3n) is 4.88. The SMILES string of the molecule is CNC(CC1OCCc2ccccc21)C1CCOC1C. The Morgan fingerprint density at radius 1 is 1.25 bits per heavy atom. The summed E-state index contributed by atoms with van der Waals surface area (Å²) in [7, 11) is 2.06. The molecule has 20 heavy (non-hydrogen) atoms. The van der Waals surface area contributed by atoms with Crippen LogP contribution in [0.15, 0.2) is 24.3 Å². The smallest absolute Gasteiger partial charge is 0.0842 e. The molecule has 2 aliphatic rings. The maximum absolute atomic E-state index is 6.05. The van der Waals surface area contributed by atoms with Gasteiger partial charge in [0.05, 0.1) is 18.8 Å². The van der Waals surface area contributed by atoms with Crippen LogP contribution in [0.2, 0.25) is 0 Å². The van der Waals surface area contributed by atoms with Gasteiger partial charge in [0.15, 0.2) is 0 Å². The molecule has 110 valence electrons. The highest BCUT2D eigenvalue weighted by atomic mass is 16.5. The summed E-state index contributed by atoms with van der Waals surface area (Å²) in [4.78, 5) is 0. The fourth-order valence-corrected chi connectivity index (χ4v) is 3.69. The van der Waals surface area contributed by atoms with Crippen molar-refractivity contribution in [2.24, 2.45) is 5.92 Å². The van der Waals surface area contributed by atoms with Gasteiger partial charge in [0.2, 0.25) is 0 Å². The van der Waals surface area contributed by atoms with E-state index < -0.39 is 0 Å². The molecule has 1 fully saturated rings. The fraction of sp³-hybridized carbons (Fsp3) is 0.647. The predicted molar refractivity (Wildman–Crippen MR) is 79.8 cm³/mol. The summed E-state index contributed by atoms with van der Waals surface area (Å²) in [5, 5.41) is 3.49. The average Bonchev–Trinajstić information content (AvgIpc) is 2.91. The van der Waals surface area contributed by atoms with E-state index in [-0.39, 0.29) is 6.10 Å². The Balaban J connectivity index is 1.73. The number of nitrogens with one attached hydrogen (secondary N) is 1. The third-order valence-corrected chi connectivity index (χ3v) is 4.88. The van der Waals surface area contributed by atoms with E-state index in [0.29, 0.717) is 18.1 Å². The van der Waals surface area contributed by atoms with Crippen molar-refractivity contribution in [2.45, 2.75) is 44.4 Å². The Kier molecular flexibility index (Phi) is 4.39. The quantitative estimate of drug-likeness (QED) is 0.916. The molecule has 3 heteroatoms. The first-order chi connectivity index (χ1) is 9.79. The topological polar surface area (TPSA) is 30.5 Å². The monoisotopic (exact) mass is 275 g/mol. The lowest BCUT2D eigenvalue weighted by Crippen LogP contribution is -2.39. The molecule has 4 atom stereocenters. The van der Waals surface area contributed by atoms with Gasteiger partial charge in [0.25, 0.3) is 0 Å². The van der Waals surface area contributed by atoms with Crippen molar-refractivity contribution < 1.29 is 9.47 Å². The lowest BCUT2D eigenvalue weighted by molar-refractivity contribution is 0.0195. The Labute approximate surface area is 121 Å². The van der Waals surface area contributed by atoms with Crippen LogP contribution >= 0.6 is 0 Å². The zero-order chi connectivity index (χ0) is 13.9. The highest BCUT2D eigenvalue weighted by Gasteiger charge is 2.34. The molecule has 0 spiro atoms. The minimum atomic E-state index is 0.227. The second-order valence-electron chi connectivity index (χ2n) is 5.97. The molecule has 0 aliphatic carbocycles. The number of benzene rings is 1. The molecule has 1 N–H and O–H groups in total. The van der Waals surface area contributed by atoms with Crippen LogP contribution in [0.4, 0.5) is 0 Å². The lowest BCUT2D eigenvalue weighted by Gasteiger charge is -2.32. The second kappa shape index (κ2) is 6.25. The number of rotatable bonds is 4. The van der Waals surface area contributed by atoms with E-state index in [1.165, 1.54) is 11.1 Å². The van der Waals surface area contributed by atoms with Crippen molar-refractivity contribution in [1.82, 2.24) is 5.32 Å². The highest BCUT2D eigenvalue weighted by Crippen LogP contribution is 2.34. The first-order valence-electron chi connectivity index (χ1n) is 7.78. The van der Waals surface area contributed by atoms with Gasteiger partial charge >= 0.3 is 0 Å². The third kappa shape index (κ3) is 2.76. The molecule has 3 nitrogen and oxygen atoms in total. The van der Waals surface area contributed by atoms with E-state index >= 15 is 0 Å². The van der Waals surface area contributed by atoms with Gasteiger partial charge in [-0.1, -0.05) is 24.3 Å². The van der Waals surface area contributed by atoms with E-state index in [1.807, 2.05) is 0 Å². The fourth-order valence-electron chi connectivity index (χ4n) is 3.69. The molecule has 0 bridgehead atoms. The standard InChI is InChI=1S/C17H25NO2/c1-12-14(8-10-19-12)16(18-2)11-17-15-6-4-3-5-13(15)7-9-20-17/h3-6,12,14,16-18H,7-11H2,1-2H3. The van der Waals surface area contributed by atoms with E-state index in [0.717, 1.165) is 32.5 Å². The summed E-state index contributed by atoms with van der Waals surface area (Å²) < 4.78 is 11.8. The summed E-state index contributed by atoms with van der Waals surface area (Å²) in [6, 6.07) is 9.17. The Morgan fingerprint density at radius 2 is 2.10 bits per heavy atom. The maximum atomic E-state index is 6.05. The molecule has 0 radical (unpaired) electrons. The lowest BCUT2D eigenvalue weighted by atomic mass is 9.86. The number of ether oxygens (including phenoxy) is 2. The van der Waals surface area contributed by atoms with Crippen molar-refractivity contribution in [3.8, 4) is 0 Å². The van der Waals surface area contributed by atoms with E-state index in [2.05, 4.69) is 43.6 Å². The molecule has 1 aromatic rings. The van der Waals surface area contributed by atoms with Crippen molar-refractivity contribution in [3.05, 3.63) is 35.4 Å². The van der Waals surface area contributed by atoms with E-state index in [4.69, 9.17) is 9.47 Å². The van der Waals surface area contributed by atoms with Gasteiger partial charge in [-0.25, -0.2) is 0 Å². The molecule has 1 aromatic carbocycles. The van der Waals surface area contributed by atoms with Crippen LogP contribution in [-0.4, -0.2) is 32.4 Å². The van der Waals surface area contributed by atoms with Crippen LogP contribution in [0.25, 0.3) is 0 Å². The summed E-state index contributed by atoms with van der Waals surface area (Å²) in [6.07, 6.45) is 3.81. The number of hydrogen-bond donors (Lipinski definition) is 1. The maximum Gasteiger partial charge on any atom is 0.0842 e. The van der Waals surface area contributed by atoms with Crippen LogP contribution in [-0.2, 0) is 15.9 Å². The van der Waals surface area contributed by atoms with Gasteiger partial charge in [-0.15, -0.1) is 0 Å². The number of fused-ring (bicyclic) bond motifs is 1. The molecule has 2 heterocycles. The molecular formula is C17H25NO2. The molecule has 0 aromatic heterocycles. The first-order valence-corrected chi connectivity index (χ1v) is 7.78. The van der Waals surface area contributed by atoms with Gasteiger partial charge < -0.3 is 14.8 Å². The van der Waals surface area contributed by atoms with Gasteiger partial charge in [-0.05, 0) is 44.4 Å². The summed E-state index contributed by atoms with van der Waals surface area (Å²) in [5.41, 5.74) is 2.83. The molecular weight excluding hydrogens is 250 g/mol. The van der Waals surface area contributed by atoms with Crippen LogP contribution in [0.3, 0.4) is 0 Å². The van der Waals surface area contributed by atoms with Crippen LogP contribution < -0.4 is 5.32 Å². The summed E-state index contributed by atoms with van der Waals surface area (Å²) in [6.45, 7) is 3.93. The van der Waals surface area contributed by atoms with Gasteiger partial charge in [0.1, 0.15) is 0 Å². The Morgan fingerprint density at radius 3 is 2.85 bits per heavy atom. The molecule has 0 saturated carbocycles. The highest BCUT2D eigenvalue weighted by molar-refractivity contribution is 5.31. The van der Waals surface area contributed by atoms with E-state index in [9.17, 15) is 0 Å². The van der Waals surface area contributed by atoms with Gasteiger partial charge in [-0.3, -0.25) is 0 Å². The molecule has 2 aliphatic heterocycles.